The van der Waals surface area contributed by atoms with E-state index in [4.69, 9.17) is 4.98 Å². The fraction of sp³-hybridized carbons (Fsp3) is 0.444. The van der Waals surface area contributed by atoms with Gasteiger partial charge in [-0.3, -0.25) is 9.89 Å². The second-order valence-electron chi connectivity index (χ2n) is 9.54. The van der Waals surface area contributed by atoms with Crippen LogP contribution in [-0.4, -0.2) is 58.7 Å². The maximum absolute atomic E-state index is 12.1. The number of benzene rings is 1. The maximum atomic E-state index is 12.1. The fourth-order valence-corrected chi connectivity index (χ4v) is 5.47. The number of carbonyl (C=O) groups is 1. The molecule has 0 unspecified atom stereocenters. The van der Waals surface area contributed by atoms with Crippen LogP contribution in [0.4, 0.5) is 23.0 Å². The van der Waals surface area contributed by atoms with Gasteiger partial charge in [-0.15, -0.1) is 0 Å². The number of rotatable bonds is 9. The van der Waals surface area contributed by atoms with Crippen molar-refractivity contribution in [3.63, 3.8) is 0 Å². The van der Waals surface area contributed by atoms with E-state index in [0.29, 0.717) is 0 Å². The number of piperazine rings is 1. The number of nitrogens with zero attached hydrogens (tertiary/aromatic N) is 4. The van der Waals surface area contributed by atoms with E-state index in [0.717, 1.165) is 90.6 Å². The van der Waals surface area contributed by atoms with Gasteiger partial charge in [0.05, 0.1) is 0 Å². The average molecular weight is 506 g/mol. The Bertz CT molecular complexity index is 1200. The monoisotopic (exact) mass is 505 g/mol. The van der Waals surface area contributed by atoms with E-state index in [1.165, 1.54) is 5.56 Å². The highest BCUT2D eigenvalue weighted by atomic mass is 32.2. The Hall–Kier alpha value is -3.04. The lowest BCUT2D eigenvalue weighted by Crippen LogP contribution is -2.46. The molecule has 1 saturated carbocycles. The van der Waals surface area contributed by atoms with E-state index in [1.54, 1.807) is 11.8 Å². The first-order valence-corrected chi connectivity index (χ1v) is 13.7. The molecule has 0 atom stereocenters. The number of amides is 1. The molecule has 2 aromatic heterocycles. The molecule has 1 amide bonds. The Morgan fingerprint density at radius 2 is 1.86 bits per heavy atom. The van der Waals surface area contributed by atoms with Crippen LogP contribution in [0.5, 0.6) is 0 Å². The smallest absolute Gasteiger partial charge is 0.227 e. The first-order chi connectivity index (χ1) is 17.5. The second kappa shape index (κ2) is 10.9. The quantitative estimate of drug-likeness (QED) is 0.374. The molecule has 1 aliphatic heterocycles. The fourth-order valence-electron chi connectivity index (χ4n) is 4.46. The molecule has 1 aliphatic carbocycles. The van der Waals surface area contributed by atoms with Gasteiger partial charge in [0.25, 0.3) is 0 Å². The number of nitrogens with one attached hydrogen (secondary N) is 3. The molecule has 0 spiro atoms. The molecule has 2 fully saturated rings. The van der Waals surface area contributed by atoms with Crippen molar-refractivity contribution in [1.82, 2.24) is 20.1 Å². The maximum Gasteiger partial charge on any atom is 0.227 e. The number of aromatic amines is 1. The normalized spacial score (nSPS) is 16.2. The van der Waals surface area contributed by atoms with Gasteiger partial charge in [0.1, 0.15) is 10.8 Å². The van der Waals surface area contributed by atoms with E-state index in [2.05, 4.69) is 62.7 Å². The van der Waals surface area contributed by atoms with Crippen molar-refractivity contribution in [3.8, 4) is 0 Å². The summed E-state index contributed by atoms with van der Waals surface area (Å²) >= 11 is 1.67. The van der Waals surface area contributed by atoms with Crippen LogP contribution in [0.3, 0.4) is 0 Å². The standard InChI is InChI=1S/C27H35N7OS/c1-4-22-23(29-24-16-18(3)31-32-24)17-25(34-14-12-33(5-2)13-15-34)30-27(22)36-21-10-8-20(9-11-21)28-26(35)19-6-7-19/h8-11,16-17,19H,4-7,12-15H2,1-3H3,(H,28,35)(H2,29,30,31,32). The lowest BCUT2D eigenvalue weighted by Gasteiger charge is -2.35. The van der Waals surface area contributed by atoms with E-state index >= 15 is 0 Å². The zero-order chi connectivity index (χ0) is 25.1. The summed E-state index contributed by atoms with van der Waals surface area (Å²) in [7, 11) is 0. The third-order valence-electron chi connectivity index (χ3n) is 6.82. The van der Waals surface area contributed by atoms with E-state index < -0.39 is 0 Å². The lowest BCUT2D eigenvalue weighted by molar-refractivity contribution is -0.117. The van der Waals surface area contributed by atoms with Gasteiger partial charge in [-0.2, -0.15) is 5.10 Å². The Kier molecular flexibility index (Phi) is 7.48. The van der Waals surface area contributed by atoms with Crippen LogP contribution in [0, 0.1) is 12.8 Å². The second-order valence-corrected chi connectivity index (χ2v) is 10.6. The van der Waals surface area contributed by atoms with Crippen LogP contribution in [-0.2, 0) is 11.2 Å². The van der Waals surface area contributed by atoms with Gasteiger partial charge in [0.2, 0.25) is 5.91 Å². The van der Waals surface area contributed by atoms with Gasteiger partial charge in [-0.05, 0) is 57.0 Å². The molecule has 3 aromatic rings. The number of H-pyrrole nitrogens is 1. The van der Waals surface area contributed by atoms with Crippen molar-refractivity contribution >= 4 is 40.7 Å². The van der Waals surface area contributed by atoms with Crippen LogP contribution in [0.25, 0.3) is 0 Å². The highest BCUT2D eigenvalue weighted by molar-refractivity contribution is 7.99. The zero-order valence-electron chi connectivity index (χ0n) is 21.3. The summed E-state index contributed by atoms with van der Waals surface area (Å²) in [5.74, 6) is 2.13. The SMILES string of the molecule is CCc1c(Nc2cc(C)[nH]n2)cc(N2CCN(CC)CC2)nc1Sc1ccc(NC(=O)C2CC2)cc1. The van der Waals surface area contributed by atoms with Gasteiger partial charge < -0.3 is 20.4 Å². The predicted octanol–water partition coefficient (Wildman–Crippen LogP) is 5.06. The highest BCUT2D eigenvalue weighted by Gasteiger charge is 2.29. The third-order valence-corrected chi connectivity index (χ3v) is 7.86. The molecule has 8 nitrogen and oxygen atoms in total. The number of pyridine rings is 1. The predicted molar refractivity (Wildman–Crippen MR) is 146 cm³/mol. The number of hydrogen-bond acceptors (Lipinski definition) is 7. The van der Waals surface area contributed by atoms with Crippen molar-refractivity contribution in [1.29, 1.82) is 0 Å². The van der Waals surface area contributed by atoms with E-state index in [9.17, 15) is 4.79 Å². The molecule has 1 aromatic carbocycles. The molecule has 5 rings (SSSR count). The lowest BCUT2D eigenvalue weighted by atomic mass is 10.1. The molecular formula is C27H35N7OS. The Morgan fingerprint density at radius 1 is 1.11 bits per heavy atom. The minimum atomic E-state index is 0.130. The Labute approximate surface area is 217 Å². The summed E-state index contributed by atoms with van der Waals surface area (Å²) in [5.41, 5.74) is 4.08. The highest BCUT2D eigenvalue weighted by Crippen LogP contribution is 2.37. The molecule has 3 N–H and O–H groups in total. The molecule has 36 heavy (non-hydrogen) atoms. The number of aromatic nitrogens is 3. The molecule has 0 radical (unpaired) electrons. The van der Waals surface area contributed by atoms with Crippen LogP contribution in [0.1, 0.15) is 37.9 Å². The topological polar surface area (TPSA) is 89.2 Å². The van der Waals surface area contributed by atoms with Gasteiger partial charge >= 0.3 is 0 Å². The minimum absolute atomic E-state index is 0.130. The number of likely N-dealkylation sites (N-methyl/N-ethyl adjacent to an activating group) is 1. The van der Waals surface area contributed by atoms with Crippen molar-refractivity contribution in [2.24, 2.45) is 5.92 Å². The minimum Gasteiger partial charge on any atom is -0.354 e. The van der Waals surface area contributed by atoms with E-state index in [1.807, 2.05) is 25.1 Å². The zero-order valence-corrected chi connectivity index (χ0v) is 22.1. The molecular weight excluding hydrogens is 470 g/mol. The molecule has 2 aliphatic rings. The molecule has 9 heteroatoms. The third kappa shape index (κ3) is 5.84. The molecule has 3 heterocycles. The van der Waals surface area contributed by atoms with Crippen molar-refractivity contribution < 1.29 is 4.79 Å². The summed E-state index contributed by atoms with van der Waals surface area (Å²) in [6.07, 6.45) is 2.85. The first-order valence-electron chi connectivity index (χ1n) is 12.9. The van der Waals surface area contributed by atoms with Crippen LogP contribution in [0.2, 0.25) is 0 Å². The number of anilines is 4. The van der Waals surface area contributed by atoms with Gasteiger partial charge in [0, 0.05) is 71.8 Å². The molecule has 1 saturated heterocycles. The summed E-state index contributed by atoms with van der Waals surface area (Å²) in [5, 5.41) is 15.0. The Balaban J connectivity index is 1.41. The summed E-state index contributed by atoms with van der Waals surface area (Å²) in [4.78, 5) is 23.2. The Morgan fingerprint density at radius 3 is 2.47 bits per heavy atom. The summed E-state index contributed by atoms with van der Waals surface area (Å²) in [6, 6.07) is 12.3. The average Bonchev–Trinajstić information content (AvgIpc) is 3.67. The first kappa shape index (κ1) is 24.6. The van der Waals surface area contributed by atoms with Crippen LogP contribution < -0.4 is 15.5 Å². The largest absolute Gasteiger partial charge is 0.354 e. The van der Waals surface area contributed by atoms with Crippen LogP contribution in [0.15, 0.2) is 46.3 Å². The molecule has 0 bridgehead atoms. The van der Waals surface area contributed by atoms with Gasteiger partial charge in [-0.1, -0.05) is 25.6 Å². The van der Waals surface area contributed by atoms with Crippen molar-refractivity contribution in [3.05, 3.63) is 47.7 Å². The van der Waals surface area contributed by atoms with Crippen LogP contribution >= 0.6 is 11.8 Å². The summed E-state index contributed by atoms with van der Waals surface area (Å²) < 4.78 is 0. The van der Waals surface area contributed by atoms with E-state index in [-0.39, 0.29) is 11.8 Å². The number of aryl methyl sites for hydroxylation is 1. The van der Waals surface area contributed by atoms with Crippen molar-refractivity contribution in [2.45, 2.75) is 50.0 Å². The van der Waals surface area contributed by atoms with Gasteiger partial charge in [-0.25, -0.2) is 4.98 Å². The number of hydrogen-bond donors (Lipinski definition) is 3. The van der Waals surface area contributed by atoms with Gasteiger partial charge in [0.15, 0.2) is 5.82 Å². The molecule has 190 valence electrons. The number of carbonyl (C=O) groups excluding carboxylic acids is 1. The summed E-state index contributed by atoms with van der Waals surface area (Å²) in [6.45, 7) is 11.5. The van der Waals surface area contributed by atoms with Crippen molar-refractivity contribution in [2.75, 3.05) is 48.3 Å².